The summed E-state index contributed by atoms with van der Waals surface area (Å²) < 4.78 is 14.2. The maximum atomic E-state index is 14.2. The van der Waals surface area contributed by atoms with E-state index in [1.54, 1.807) is 0 Å². The number of hydrogen-bond acceptors (Lipinski definition) is 4. The summed E-state index contributed by atoms with van der Waals surface area (Å²) in [4.78, 5) is 39.8. The number of nitrogens with zero attached hydrogens (tertiary/aromatic N) is 2. The van der Waals surface area contributed by atoms with Gasteiger partial charge < -0.3 is 15.5 Å². The minimum Gasteiger partial charge on any atom is -0.356 e. The SMILES string of the molecule is N#CC(CC1CCNC1=O)NC(=O)C1CC(c2ccccc2)CN1C(=O)/C=C/c1ccc(Cl)cc1F. The first-order valence-corrected chi connectivity index (χ1v) is 12.2. The predicted molar refractivity (Wildman–Crippen MR) is 133 cm³/mol. The smallest absolute Gasteiger partial charge is 0.247 e. The summed E-state index contributed by atoms with van der Waals surface area (Å²) >= 11 is 5.80. The molecule has 4 unspecified atom stereocenters. The van der Waals surface area contributed by atoms with Crippen molar-refractivity contribution < 1.29 is 18.8 Å². The lowest BCUT2D eigenvalue weighted by Crippen LogP contribution is -2.48. The number of carbonyl (C=O) groups is 3. The van der Waals surface area contributed by atoms with Crippen molar-refractivity contribution in [3.05, 3.63) is 76.6 Å². The van der Waals surface area contributed by atoms with Gasteiger partial charge in [0.15, 0.2) is 0 Å². The summed E-state index contributed by atoms with van der Waals surface area (Å²) in [5, 5.41) is 15.3. The third-order valence-electron chi connectivity index (χ3n) is 6.68. The van der Waals surface area contributed by atoms with Gasteiger partial charge in [-0.1, -0.05) is 48.0 Å². The topological polar surface area (TPSA) is 102 Å². The van der Waals surface area contributed by atoms with Gasteiger partial charge in [-0.2, -0.15) is 5.26 Å². The lowest BCUT2D eigenvalue weighted by Gasteiger charge is -2.24. The van der Waals surface area contributed by atoms with E-state index < -0.39 is 29.7 Å². The molecule has 2 aromatic carbocycles. The fraction of sp³-hybridized carbons (Fsp3) is 0.333. The highest BCUT2D eigenvalue weighted by atomic mass is 35.5. The molecule has 2 heterocycles. The van der Waals surface area contributed by atoms with Gasteiger partial charge in [0.05, 0.1) is 6.07 Å². The number of nitriles is 1. The second kappa shape index (κ2) is 11.4. The Kier molecular flexibility index (Phi) is 8.01. The molecular weight excluding hydrogens is 483 g/mol. The number of amides is 3. The van der Waals surface area contributed by atoms with E-state index in [0.717, 1.165) is 11.6 Å². The zero-order valence-electron chi connectivity index (χ0n) is 19.5. The first-order valence-electron chi connectivity index (χ1n) is 11.8. The molecule has 2 aliphatic rings. The Hall–Kier alpha value is -3.70. The molecule has 4 atom stereocenters. The van der Waals surface area contributed by atoms with E-state index in [1.807, 2.05) is 30.3 Å². The van der Waals surface area contributed by atoms with Crippen LogP contribution in [0, 0.1) is 23.1 Å². The molecule has 9 heteroatoms. The number of benzene rings is 2. The lowest BCUT2D eigenvalue weighted by atomic mass is 9.95. The van der Waals surface area contributed by atoms with E-state index in [9.17, 15) is 24.0 Å². The van der Waals surface area contributed by atoms with Gasteiger partial charge >= 0.3 is 0 Å². The highest BCUT2D eigenvalue weighted by molar-refractivity contribution is 6.30. The molecule has 4 rings (SSSR count). The Morgan fingerprint density at radius 3 is 2.72 bits per heavy atom. The minimum absolute atomic E-state index is 0.0762. The van der Waals surface area contributed by atoms with Crippen molar-refractivity contribution in [1.29, 1.82) is 5.26 Å². The van der Waals surface area contributed by atoms with E-state index in [1.165, 1.54) is 29.2 Å². The standard InChI is InChI=1S/C27H26ClFN4O3/c28-21-8-6-18(23(29)14-21)7-9-25(34)33-16-20(17-4-2-1-3-5-17)13-24(33)27(36)32-22(15-30)12-19-10-11-31-26(19)35/h1-9,14,19-20,22,24H,10-13,16H2,(H,31,35)(H,32,36)/b9-7+. The van der Waals surface area contributed by atoms with Crippen LogP contribution in [0.4, 0.5) is 4.39 Å². The van der Waals surface area contributed by atoms with Gasteiger partial charge in [-0.05, 0) is 43.0 Å². The monoisotopic (exact) mass is 508 g/mol. The summed E-state index contributed by atoms with van der Waals surface area (Å²) in [6.45, 7) is 0.858. The molecule has 0 bridgehead atoms. The van der Waals surface area contributed by atoms with E-state index in [2.05, 4.69) is 16.7 Å². The van der Waals surface area contributed by atoms with Crippen LogP contribution in [0.25, 0.3) is 6.08 Å². The maximum absolute atomic E-state index is 14.2. The molecule has 186 valence electrons. The Morgan fingerprint density at radius 2 is 2.06 bits per heavy atom. The molecule has 2 N–H and O–H groups in total. The van der Waals surface area contributed by atoms with Crippen LogP contribution in [0.3, 0.4) is 0 Å². The molecule has 2 fully saturated rings. The third-order valence-corrected chi connectivity index (χ3v) is 6.92. The third kappa shape index (κ3) is 5.92. The molecule has 2 aliphatic heterocycles. The molecular formula is C27H26ClFN4O3. The zero-order valence-corrected chi connectivity index (χ0v) is 20.2. The van der Waals surface area contributed by atoms with Crippen LogP contribution in [-0.2, 0) is 14.4 Å². The van der Waals surface area contributed by atoms with E-state index >= 15 is 0 Å². The summed E-state index contributed by atoms with van der Waals surface area (Å²) in [6.07, 6.45) is 3.81. The average Bonchev–Trinajstić information content (AvgIpc) is 3.50. The number of nitrogens with one attached hydrogen (secondary N) is 2. The normalized spacial score (nSPS) is 22.3. The van der Waals surface area contributed by atoms with Gasteiger partial charge in [-0.15, -0.1) is 0 Å². The molecule has 0 radical (unpaired) electrons. The van der Waals surface area contributed by atoms with Gasteiger partial charge in [-0.3, -0.25) is 14.4 Å². The fourth-order valence-corrected chi connectivity index (χ4v) is 4.91. The van der Waals surface area contributed by atoms with Gasteiger partial charge in [0.25, 0.3) is 0 Å². The number of hydrogen-bond donors (Lipinski definition) is 2. The Labute approximate surface area is 213 Å². The van der Waals surface area contributed by atoms with Crippen LogP contribution in [-0.4, -0.2) is 47.8 Å². The van der Waals surface area contributed by atoms with E-state index in [4.69, 9.17) is 11.6 Å². The number of carbonyl (C=O) groups excluding carboxylic acids is 3. The molecule has 0 saturated carbocycles. The van der Waals surface area contributed by atoms with E-state index in [-0.39, 0.29) is 34.7 Å². The molecule has 36 heavy (non-hydrogen) atoms. The average molecular weight is 509 g/mol. The largest absolute Gasteiger partial charge is 0.356 e. The quantitative estimate of drug-likeness (QED) is 0.559. The molecule has 0 spiro atoms. The van der Waals surface area contributed by atoms with Crippen molar-refractivity contribution in [1.82, 2.24) is 15.5 Å². The van der Waals surface area contributed by atoms with Gasteiger partial charge in [0.2, 0.25) is 17.7 Å². The molecule has 3 amide bonds. The van der Waals surface area contributed by atoms with Crippen LogP contribution in [0.1, 0.15) is 36.3 Å². The van der Waals surface area contributed by atoms with Gasteiger partial charge in [-0.25, -0.2) is 4.39 Å². The lowest BCUT2D eigenvalue weighted by molar-refractivity contribution is -0.135. The summed E-state index contributed by atoms with van der Waals surface area (Å²) in [5.74, 6) is -1.97. The van der Waals surface area contributed by atoms with Crippen molar-refractivity contribution in [2.24, 2.45) is 5.92 Å². The first kappa shape index (κ1) is 25.4. The summed E-state index contributed by atoms with van der Waals surface area (Å²) in [6, 6.07) is 14.2. The minimum atomic E-state index is -0.849. The van der Waals surface area contributed by atoms with Crippen molar-refractivity contribution in [3.63, 3.8) is 0 Å². The first-order chi connectivity index (χ1) is 17.4. The van der Waals surface area contributed by atoms with Crippen molar-refractivity contribution in [3.8, 4) is 6.07 Å². The molecule has 2 aromatic rings. The maximum Gasteiger partial charge on any atom is 0.247 e. The second-order valence-corrected chi connectivity index (χ2v) is 9.49. The van der Waals surface area contributed by atoms with Crippen LogP contribution >= 0.6 is 11.6 Å². The van der Waals surface area contributed by atoms with E-state index in [0.29, 0.717) is 25.9 Å². The van der Waals surface area contributed by atoms with Crippen molar-refractivity contribution >= 4 is 35.4 Å². The molecule has 0 aliphatic carbocycles. The van der Waals surface area contributed by atoms with Crippen molar-refractivity contribution in [2.75, 3.05) is 13.1 Å². The number of likely N-dealkylation sites (tertiary alicyclic amines) is 1. The summed E-state index contributed by atoms with van der Waals surface area (Å²) in [5.41, 5.74) is 1.20. The highest BCUT2D eigenvalue weighted by Crippen LogP contribution is 2.32. The Balaban J connectivity index is 1.51. The van der Waals surface area contributed by atoms with Crippen LogP contribution in [0.2, 0.25) is 5.02 Å². The van der Waals surface area contributed by atoms with Crippen LogP contribution in [0.5, 0.6) is 0 Å². The Morgan fingerprint density at radius 1 is 1.28 bits per heavy atom. The highest BCUT2D eigenvalue weighted by Gasteiger charge is 2.40. The predicted octanol–water partition coefficient (Wildman–Crippen LogP) is 3.41. The fourth-order valence-electron chi connectivity index (χ4n) is 4.75. The number of halogens is 2. The molecule has 7 nitrogen and oxygen atoms in total. The van der Waals surface area contributed by atoms with Crippen molar-refractivity contribution in [2.45, 2.75) is 37.3 Å². The summed E-state index contributed by atoms with van der Waals surface area (Å²) in [7, 11) is 0. The molecule has 0 aromatic heterocycles. The zero-order chi connectivity index (χ0) is 25.7. The second-order valence-electron chi connectivity index (χ2n) is 9.05. The Bertz CT molecular complexity index is 1210. The van der Waals surface area contributed by atoms with Crippen LogP contribution < -0.4 is 10.6 Å². The van der Waals surface area contributed by atoms with Gasteiger partial charge in [0.1, 0.15) is 17.9 Å². The molecule has 2 saturated heterocycles. The van der Waals surface area contributed by atoms with Gasteiger partial charge in [0, 0.05) is 41.6 Å². The van der Waals surface area contributed by atoms with Crippen LogP contribution in [0.15, 0.2) is 54.6 Å². The number of rotatable bonds is 7.